The molecule has 4 heterocycles. The molecule has 39 heavy (non-hydrogen) atoms. The highest BCUT2D eigenvalue weighted by atomic mass is 32.1. The Morgan fingerprint density at radius 3 is 2.67 bits per heavy atom. The fourth-order valence-corrected chi connectivity index (χ4v) is 6.11. The van der Waals surface area contributed by atoms with Gasteiger partial charge >= 0.3 is 6.03 Å². The summed E-state index contributed by atoms with van der Waals surface area (Å²) >= 11 is 1.31. The number of likely N-dealkylation sites (N-methyl/N-ethyl adjacent to an activating group) is 1. The molecule has 1 fully saturated rings. The van der Waals surface area contributed by atoms with Crippen molar-refractivity contribution in [3.8, 4) is 11.5 Å². The van der Waals surface area contributed by atoms with Crippen molar-refractivity contribution in [2.24, 2.45) is 0 Å². The minimum atomic E-state index is -0.315. The molecule has 0 aliphatic carbocycles. The number of benzene rings is 2. The highest BCUT2D eigenvalue weighted by Crippen LogP contribution is 2.46. The summed E-state index contributed by atoms with van der Waals surface area (Å²) in [6.07, 6.45) is 3.68. The Morgan fingerprint density at radius 2 is 1.92 bits per heavy atom. The highest BCUT2D eigenvalue weighted by Gasteiger charge is 2.34. The molecular formula is C29H33N5O3S2. The topological polar surface area (TPSA) is 86.8 Å². The van der Waals surface area contributed by atoms with Crippen LogP contribution in [0, 0.1) is 6.92 Å². The van der Waals surface area contributed by atoms with E-state index in [4.69, 9.17) is 4.74 Å². The molecule has 0 bridgehead atoms. The van der Waals surface area contributed by atoms with Crippen molar-refractivity contribution in [1.29, 1.82) is 0 Å². The number of nitrogens with zero attached hydrogens (tertiary/aromatic N) is 3. The van der Waals surface area contributed by atoms with Crippen LogP contribution in [0.1, 0.15) is 35.5 Å². The Labute approximate surface area is 239 Å². The maximum absolute atomic E-state index is 13.5. The average Bonchev–Trinajstić information content (AvgIpc) is 3.25. The molecule has 0 saturated carbocycles. The second kappa shape index (κ2) is 11.6. The van der Waals surface area contributed by atoms with E-state index in [2.05, 4.69) is 27.6 Å². The average molecular weight is 564 g/mol. The third kappa shape index (κ3) is 5.45. The molecule has 2 aliphatic heterocycles. The minimum Gasteiger partial charge on any atom is -0.457 e. The SMILES string of the molecule is C.Cc1cc(Oc2ccccc2)ccc1N1C(=O)Nc2c(C(=O)N[C@H]3CCCN(C)C3)sc3nccc1c23.S. The molecule has 0 spiro atoms. The van der Waals surface area contributed by atoms with E-state index in [-0.39, 0.29) is 38.9 Å². The summed E-state index contributed by atoms with van der Waals surface area (Å²) in [4.78, 5) is 36.3. The van der Waals surface area contributed by atoms with Gasteiger partial charge in [-0.3, -0.25) is 9.69 Å². The number of carbonyl (C=O) groups excluding carboxylic acids is 2. The lowest BCUT2D eigenvalue weighted by atomic mass is 10.1. The molecule has 6 rings (SSSR count). The number of hydrogen-bond donors (Lipinski definition) is 2. The number of thiophene rings is 1. The van der Waals surface area contributed by atoms with Crippen molar-refractivity contribution in [3.05, 3.63) is 71.2 Å². The zero-order valence-electron chi connectivity index (χ0n) is 21.2. The molecule has 10 heteroatoms. The van der Waals surface area contributed by atoms with E-state index in [1.165, 1.54) is 11.3 Å². The van der Waals surface area contributed by atoms with Gasteiger partial charge in [-0.2, -0.15) is 13.5 Å². The van der Waals surface area contributed by atoms with Gasteiger partial charge in [-0.05, 0) is 75.3 Å². The molecule has 3 amide bonds. The van der Waals surface area contributed by atoms with Crippen LogP contribution in [-0.4, -0.2) is 48.0 Å². The van der Waals surface area contributed by atoms with Gasteiger partial charge in [-0.25, -0.2) is 9.78 Å². The first-order valence-corrected chi connectivity index (χ1v) is 13.1. The standard InChI is InChI=1S/C28H27N5O3S.CH4.H2S/c1-17-15-20(36-19-8-4-3-5-9-19)10-11-21(17)33-22-12-13-29-27-23(22)24(31-28(33)35)25(37-27)26(34)30-18-7-6-14-32(2)16-18;;/h3-5,8-13,15,18H,6-7,14,16H2,1-2H3,(H,30,34)(H,31,35);1H4;1H2/t18-;;/m0../s1. The van der Waals surface area contributed by atoms with Gasteiger partial charge in [0.2, 0.25) is 0 Å². The summed E-state index contributed by atoms with van der Waals surface area (Å²) < 4.78 is 5.97. The summed E-state index contributed by atoms with van der Waals surface area (Å²) in [5, 5.41) is 6.93. The first kappa shape index (κ1) is 28.4. The van der Waals surface area contributed by atoms with Crippen LogP contribution in [0.5, 0.6) is 11.5 Å². The predicted octanol–water partition coefficient (Wildman–Crippen LogP) is 6.65. The van der Waals surface area contributed by atoms with E-state index in [0.717, 1.165) is 48.3 Å². The van der Waals surface area contributed by atoms with Gasteiger partial charge in [0.05, 0.1) is 22.4 Å². The summed E-state index contributed by atoms with van der Waals surface area (Å²) in [6.45, 7) is 3.80. The van der Waals surface area contributed by atoms with E-state index < -0.39 is 0 Å². The first-order valence-electron chi connectivity index (χ1n) is 12.3. The van der Waals surface area contributed by atoms with Crippen LogP contribution in [0.4, 0.5) is 21.9 Å². The summed E-state index contributed by atoms with van der Waals surface area (Å²) in [5.74, 6) is 1.26. The van der Waals surface area contributed by atoms with E-state index in [1.807, 2.05) is 61.5 Å². The molecule has 204 valence electrons. The van der Waals surface area contributed by atoms with Crippen LogP contribution >= 0.6 is 24.8 Å². The third-order valence-corrected chi connectivity index (χ3v) is 7.90. The summed E-state index contributed by atoms with van der Waals surface area (Å²) in [6, 6.07) is 16.8. The molecule has 4 aromatic rings. The van der Waals surface area contributed by atoms with E-state index in [0.29, 0.717) is 26.8 Å². The molecule has 2 aromatic carbocycles. The Morgan fingerprint density at radius 1 is 1.13 bits per heavy atom. The molecule has 0 radical (unpaired) electrons. The summed E-state index contributed by atoms with van der Waals surface area (Å²) in [5.41, 5.74) is 2.86. The van der Waals surface area contributed by atoms with Gasteiger partial charge in [0.15, 0.2) is 0 Å². The van der Waals surface area contributed by atoms with E-state index in [9.17, 15) is 9.59 Å². The number of ether oxygens (including phenoxy) is 1. The predicted molar refractivity (Wildman–Crippen MR) is 164 cm³/mol. The van der Waals surface area contributed by atoms with Crippen molar-refractivity contribution in [2.75, 3.05) is 30.4 Å². The largest absolute Gasteiger partial charge is 0.457 e. The lowest BCUT2D eigenvalue weighted by Crippen LogP contribution is -2.46. The number of carbonyl (C=O) groups is 2. The van der Waals surface area contributed by atoms with Crippen LogP contribution in [0.2, 0.25) is 0 Å². The van der Waals surface area contributed by atoms with Crippen LogP contribution in [-0.2, 0) is 0 Å². The minimum absolute atomic E-state index is 0. The number of pyridine rings is 1. The third-order valence-electron chi connectivity index (χ3n) is 6.80. The number of hydrogen-bond acceptors (Lipinski definition) is 6. The van der Waals surface area contributed by atoms with Gasteiger partial charge in [-0.1, -0.05) is 25.6 Å². The number of rotatable bonds is 5. The number of nitrogens with one attached hydrogen (secondary N) is 2. The zero-order valence-corrected chi connectivity index (χ0v) is 23.0. The Hall–Kier alpha value is -3.60. The molecule has 2 aromatic heterocycles. The Balaban J connectivity index is 0.00000176. The van der Waals surface area contributed by atoms with E-state index in [1.54, 1.807) is 11.1 Å². The van der Waals surface area contributed by atoms with Crippen molar-refractivity contribution in [2.45, 2.75) is 33.2 Å². The lowest BCUT2D eigenvalue weighted by molar-refractivity contribution is 0.0917. The molecule has 8 nitrogen and oxygen atoms in total. The Kier molecular flexibility index (Phi) is 8.48. The van der Waals surface area contributed by atoms with Crippen molar-refractivity contribution in [3.63, 3.8) is 0 Å². The quantitative estimate of drug-likeness (QED) is 0.284. The Bertz CT molecular complexity index is 1510. The second-order valence-electron chi connectivity index (χ2n) is 9.52. The number of urea groups is 1. The number of amides is 3. The van der Waals surface area contributed by atoms with Gasteiger partial charge < -0.3 is 20.3 Å². The molecule has 1 saturated heterocycles. The first-order chi connectivity index (χ1) is 18.0. The maximum Gasteiger partial charge on any atom is 0.331 e. The van der Waals surface area contributed by atoms with Crippen LogP contribution in [0.25, 0.3) is 10.2 Å². The monoisotopic (exact) mass is 563 g/mol. The zero-order chi connectivity index (χ0) is 25.5. The van der Waals surface area contributed by atoms with Crippen molar-refractivity contribution < 1.29 is 14.3 Å². The normalized spacial score (nSPS) is 16.6. The second-order valence-corrected chi connectivity index (χ2v) is 10.5. The number of aromatic nitrogens is 1. The van der Waals surface area contributed by atoms with Gasteiger partial charge in [0.25, 0.3) is 5.91 Å². The van der Waals surface area contributed by atoms with Gasteiger partial charge in [-0.15, -0.1) is 11.3 Å². The number of likely N-dealkylation sites (tertiary alicyclic amines) is 1. The molecule has 0 unspecified atom stereocenters. The van der Waals surface area contributed by atoms with Crippen LogP contribution in [0.3, 0.4) is 0 Å². The number of para-hydroxylation sites is 1. The van der Waals surface area contributed by atoms with Crippen LogP contribution in [0.15, 0.2) is 60.8 Å². The van der Waals surface area contributed by atoms with Gasteiger partial charge in [0, 0.05) is 18.8 Å². The number of anilines is 3. The highest BCUT2D eigenvalue weighted by molar-refractivity contribution is 7.59. The fraction of sp³-hybridized carbons (Fsp3) is 0.276. The van der Waals surface area contributed by atoms with Crippen molar-refractivity contribution >= 4 is 64.0 Å². The fourth-order valence-electron chi connectivity index (χ4n) is 5.09. The maximum atomic E-state index is 13.5. The smallest absolute Gasteiger partial charge is 0.331 e. The lowest BCUT2D eigenvalue weighted by Gasteiger charge is -2.31. The molecule has 1 atom stereocenters. The van der Waals surface area contributed by atoms with Crippen LogP contribution < -0.4 is 20.3 Å². The molecular weight excluding hydrogens is 530 g/mol. The number of piperidine rings is 1. The number of aryl methyl sites for hydroxylation is 1. The molecule has 2 aliphatic rings. The van der Waals surface area contributed by atoms with E-state index >= 15 is 0 Å². The van der Waals surface area contributed by atoms with Crippen molar-refractivity contribution in [1.82, 2.24) is 15.2 Å². The summed E-state index contributed by atoms with van der Waals surface area (Å²) in [7, 11) is 2.06. The molecule has 2 N–H and O–H groups in total. The van der Waals surface area contributed by atoms with Gasteiger partial charge in [0.1, 0.15) is 21.2 Å².